The summed E-state index contributed by atoms with van der Waals surface area (Å²) in [7, 11) is 0. The summed E-state index contributed by atoms with van der Waals surface area (Å²) >= 11 is 0. The molecule has 0 radical (unpaired) electrons. The van der Waals surface area contributed by atoms with Crippen LogP contribution in [0.25, 0.3) is 0 Å². The van der Waals surface area contributed by atoms with Crippen molar-refractivity contribution in [1.82, 2.24) is 5.32 Å². The number of carbonyl (C=O) groups excluding carboxylic acids is 1. The Labute approximate surface area is 335 Å². The molecular formula is C50H87NO3. The Morgan fingerprint density at radius 1 is 0.463 bits per heavy atom. The quantitative estimate of drug-likeness (QED) is 0.0431. The third kappa shape index (κ3) is 40.7. The van der Waals surface area contributed by atoms with Gasteiger partial charge in [0.2, 0.25) is 5.91 Å². The highest BCUT2D eigenvalue weighted by molar-refractivity contribution is 5.76. The first-order chi connectivity index (χ1) is 26.7. The van der Waals surface area contributed by atoms with E-state index in [2.05, 4.69) is 92.1 Å². The molecule has 4 heteroatoms. The maximum Gasteiger partial charge on any atom is 0.220 e. The van der Waals surface area contributed by atoms with Crippen molar-refractivity contribution >= 4 is 5.91 Å². The number of hydrogen-bond donors (Lipinski definition) is 3. The molecule has 310 valence electrons. The maximum absolute atomic E-state index is 12.4. The molecule has 54 heavy (non-hydrogen) atoms. The van der Waals surface area contributed by atoms with E-state index in [1.165, 1.54) is 122 Å². The van der Waals surface area contributed by atoms with Crippen LogP contribution in [0, 0.1) is 0 Å². The van der Waals surface area contributed by atoms with Crippen molar-refractivity contribution in [3.63, 3.8) is 0 Å². The number of nitrogens with one attached hydrogen (secondary N) is 1. The molecule has 2 unspecified atom stereocenters. The molecule has 0 spiro atoms. The normalized spacial score (nSPS) is 13.8. The molecular weight excluding hydrogens is 663 g/mol. The molecule has 0 saturated carbocycles. The van der Waals surface area contributed by atoms with Crippen LogP contribution in [0.1, 0.15) is 206 Å². The van der Waals surface area contributed by atoms with Gasteiger partial charge in [-0.25, -0.2) is 0 Å². The first kappa shape index (κ1) is 51.6. The van der Waals surface area contributed by atoms with Crippen molar-refractivity contribution in [3.8, 4) is 0 Å². The molecule has 3 N–H and O–H groups in total. The van der Waals surface area contributed by atoms with Gasteiger partial charge in [-0.15, -0.1) is 0 Å². The van der Waals surface area contributed by atoms with E-state index in [1.54, 1.807) is 6.08 Å². The minimum atomic E-state index is -0.842. The smallest absolute Gasteiger partial charge is 0.220 e. The van der Waals surface area contributed by atoms with E-state index in [9.17, 15) is 15.0 Å². The molecule has 4 nitrogen and oxygen atoms in total. The molecule has 0 aromatic carbocycles. The number of aliphatic hydroxyl groups excluding tert-OH is 2. The van der Waals surface area contributed by atoms with E-state index in [4.69, 9.17) is 0 Å². The van der Waals surface area contributed by atoms with Crippen LogP contribution in [-0.4, -0.2) is 34.9 Å². The van der Waals surface area contributed by atoms with Crippen LogP contribution in [0.2, 0.25) is 0 Å². The van der Waals surface area contributed by atoms with Crippen LogP contribution in [0.3, 0.4) is 0 Å². The van der Waals surface area contributed by atoms with Gasteiger partial charge in [0.15, 0.2) is 0 Å². The fourth-order valence-electron chi connectivity index (χ4n) is 6.42. The first-order valence-corrected chi connectivity index (χ1v) is 22.8. The largest absolute Gasteiger partial charge is 0.394 e. The van der Waals surface area contributed by atoms with Crippen LogP contribution in [0.15, 0.2) is 85.1 Å². The van der Waals surface area contributed by atoms with Gasteiger partial charge in [0, 0.05) is 6.42 Å². The standard InChI is InChI=1S/C50H87NO3/c1-3-5-7-9-11-13-15-16-17-18-19-20-21-22-23-24-25-26-27-28-29-30-31-32-33-34-36-38-40-42-44-46-50(54)51-48(47-52)49(53)45-43-41-39-37-35-14-12-10-8-6-4-2/h5,7,11,13,16-17,19-20,22-23,25-26,43,45,48-49,52-53H,3-4,6,8-10,12,14-15,18,21,24,27-42,44,46-47H2,1-2H3,(H,51,54)/b7-5-,13-11-,17-16-,20-19-,23-22-,26-25-,45-43+. The van der Waals surface area contributed by atoms with Crippen LogP contribution in [-0.2, 0) is 4.79 Å². The summed E-state index contributed by atoms with van der Waals surface area (Å²) in [4.78, 5) is 12.4. The Morgan fingerprint density at radius 3 is 1.22 bits per heavy atom. The van der Waals surface area contributed by atoms with Crippen molar-refractivity contribution < 1.29 is 15.0 Å². The zero-order chi connectivity index (χ0) is 39.3. The lowest BCUT2D eigenvalue weighted by molar-refractivity contribution is -0.123. The average molecular weight is 750 g/mol. The molecule has 0 aliphatic rings. The number of hydrogen-bond acceptors (Lipinski definition) is 3. The maximum atomic E-state index is 12.4. The minimum absolute atomic E-state index is 0.0715. The lowest BCUT2D eigenvalue weighted by Crippen LogP contribution is -2.45. The number of aliphatic hydroxyl groups is 2. The van der Waals surface area contributed by atoms with E-state index in [1.807, 2.05) is 6.08 Å². The molecule has 0 heterocycles. The highest BCUT2D eigenvalue weighted by Crippen LogP contribution is 2.14. The fraction of sp³-hybridized carbons (Fsp3) is 0.700. The van der Waals surface area contributed by atoms with Crippen molar-refractivity contribution in [2.45, 2.75) is 219 Å². The Kier molecular flexibility index (Phi) is 42.9. The summed E-state index contributed by atoms with van der Waals surface area (Å²) in [6.07, 6.45) is 65.6. The SMILES string of the molecule is CC/C=C\C/C=C\C/C=C\C/C=C\C/C=C\C/C=C\CCCCCCCCCCCCCCC(=O)NC(CO)C(O)/C=C/CCCCCCCCCCC. The lowest BCUT2D eigenvalue weighted by Gasteiger charge is -2.20. The van der Waals surface area contributed by atoms with Crippen molar-refractivity contribution in [2.24, 2.45) is 0 Å². The zero-order valence-corrected chi connectivity index (χ0v) is 35.5. The summed E-state index contributed by atoms with van der Waals surface area (Å²) in [5, 5.41) is 22.9. The van der Waals surface area contributed by atoms with Crippen molar-refractivity contribution in [1.29, 1.82) is 0 Å². The van der Waals surface area contributed by atoms with Crippen LogP contribution < -0.4 is 5.32 Å². The van der Waals surface area contributed by atoms with Gasteiger partial charge in [0.25, 0.3) is 0 Å². The molecule has 0 aliphatic carbocycles. The van der Waals surface area contributed by atoms with Gasteiger partial charge in [-0.2, -0.15) is 0 Å². The molecule has 0 fully saturated rings. The van der Waals surface area contributed by atoms with Gasteiger partial charge < -0.3 is 15.5 Å². The third-order valence-electron chi connectivity index (χ3n) is 9.88. The van der Waals surface area contributed by atoms with Gasteiger partial charge in [-0.1, -0.05) is 214 Å². The van der Waals surface area contributed by atoms with Gasteiger partial charge in [0.1, 0.15) is 0 Å². The Balaban J connectivity index is 3.56. The fourth-order valence-corrected chi connectivity index (χ4v) is 6.42. The monoisotopic (exact) mass is 750 g/mol. The second-order valence-electron chi connectivity index (χ2n) is 15.1. The molecule has 0 bridgehead atoms. The van der Waals surface area contributed by atoms with Crippen LogP contribution in [0.4, 0.5) is 0 Å². The van der Waals surface area contributed by atoms with E-state index in [0.717, 1.165) is 64.2 Å². The Morgan fingerprint density at radius 2 is 0.815 bits per heavy atom. The average Bonchev–Trinajstić information content (AvgIpc) is 3.18. The van der Waals surface area contributed by atoms with E-state index < -0.39 is 12.1 Å². The number of unbranched alkanes of at least 4 members (excludes halogenated alkanes) is 21. The Bertz CT molecular complexity index is 988. The number of rotatable bonds is 40. The molecule has 0 aromatic rings. The molecule has 2 atom stereocenters. The van der Waals surface area contributed by atoms with Gasteiger partial charge in [-0.3, -0.25) is 4.79 Å². The summed E-state index contributed by atoms with van der Waals surface area (Å²) in [5.41, 5.74) is 0. The van der Waals surface area contributed by atoms with Gasteiger partial charge in [0.05, 0.1) is 18.8 Å². The van der Waals surface area contributed by atoms with E-state index in [-0.39, 0.29) is 12.5 Å². The summed E-state index contributed by atoms with van der Waals surface area (Å²) < 4.78 is 0. The zero-order valence-electron chi connectivity index (χ0n) is 35.5. The summed E-state index contributed by atoms with van der Waals surface area (Å²) in [6, 6.07) is -0.626. The lowest BCUT2D eigenvalue weighted by atomic mass is 10.0. The predicted molar refractivity (Wildman–Crippen MR) is 239 cm³/mol. The predicted octanol–water partition coefficient (Wildman–Crippen LogP) is 14.5. The van der Waals surface area contributed by atoms with Gasteiger partial charge >= 0.3 is 0 Å². The number of amides is 1. The minimum Gasteiger partial charge on any atom is -0.394 e. The first-order valence-electron chi connectivity index (χ1n) is 22.8. The third-order valence-corrected chi connectivity index (χ3v) is 9.88. The van der Waals surface area contributed by atoms with Crippen LogP contribution in [0.5, 0.6) is 0 Å². The highest BCUT2D eigenvalue weighted by Gasteiger charge is 2.17. The second kappa shape index (κ2) is 45.0. The van der Waals surface area contributed by atoms with E-state index >= 15 is 0 Å². The summed E-state index contributed by atoms with van der Waals surface area (Å²) in [6.45, 7) is 4.17. The molecule has 0 rings (SSSR count). The topological polar surface area (TPSA) is 69.6 Å². The van der Waals surface area contributed by atoms with Crippen molar-refractivity contribution in [2.75, 3.05) is 6.61 Å². The highest BCUT2D eigenvalue weighted by atomic mass is 16.3. The number of carbonyl (C=O) groups is 1. The van der Waals surface area contributed by atoms with E-state index in [0.29, 0.717) is 6.42 Å². The molecule has 0 aliphatic heterocycles. The summed E-state index contributed by atoms with van der Waals surface area (Å²) in [5.74, 6) is -0.0715. The Hall–Kier alpha value is -2.43. The van der Waals surface area contributed by atoms with Crippen LogP contribution >= 0.6 is 0 Å². The van der Waals surface area contributed by atoms with Crippen molar-refractivity contribution in [3.05, 3.63) is 85.1 Å². The molecule has 0 saturated heterocycles. The molecule has 1 amide bonds. The molecule has 0 aromatic heterocycles. The second-order valence-corrected chi connectivity index (χ2v) is 15.1. The van der Waals surface area contributed by atoms with Gasteiger partial charge in [-0.05, 0) is 70.6 Å². The number of allylic oxidation sites excluding steroid dienone is 13.